The smallest absolute Gasteiger partial charge is 0.254 e. The predicted molar refractivity (Wildman–Crippen MR) is 113 cm³/mol. The van der Waals surface area contributed by atoms with Crippen LogP contribution in [0.2, 0.25) is 0 Å². The summed E-state index contributed by atoms with van der Waals surface area (Å²) in [6.45, 7) is 4.72. The molecular formula is C21H21BrN4O2. The first-order chi connectivity index (χ1) is 13.6. The van der Waals surface area contributed by atoms with Crippen molar-refractivity contribution in [1.82, 2.24) is 14.9 Å². The van der Waals surface area contributed by atoms with Gasteiger partial charge in [0.1, 0.15) is 17.9 Å². The molecule has 0 unspecified atom stereocenters. The van der Waals surface area contributed by atoms with Crippen LogP contribution in [0.4, 0.5) is 5.82 Å². The minimum atomic E-state index is 0.0354. The predicted octanol–water partition coefficient (Wildman–Crippen LogP) is 3.67. The molecule has 1 fully saturated rings. The number of hydrogen-bond acceptors (Lipinski definition) is 5. The molecule has 1 saturated heterocycles. The van der Waals surface area contributed by atoms with Crippen molar-refractivity contribution in [3.05, 3.63) is 58.3 Å². The zero-order chi connectivity index (χ0) is 19.7. The largest absolute Gasteiger partial charge is 0.496 e. The first-order valence-corrected chi connectivity index (χ1v) is 9.95. The van der Waals surface area contributed by atoms with Crippen LogP contribution in [0.25, 0.3) is 10.9 Å². The number of aromatic nitrogens is 2. The maximum Gasteiger partial charge on any atom is 0.254 e. The number of carbonyl (C=O) groups excluding carboxylic acids is 1. The summed E-state index contributed by atoms with van der Waals surface area (Å²) in [5, 5.41) is 1.01. The summed E-state index contributed by atoms with van der Waals surface area (Å²) < 4.78 is 6.35. The zero-order valence-electron chi connectivity index (χ0n) is 15.9. The minimum absolute atomic E-state index is 0.0354. The lowest BCUT2D eigenvalue weighted by Crippen LogP contribution is -2.49. The van der Waals surface area contributed by atoms with E-state index in [1.807, 2.05) is 48.2 Å². The van der Waals surface area contributed by atoms with Crippen LogP contribution in [0.5, 0.6) is 5.75 Å². The van der Waals surface area contributed by atoms with Crippen molar-refractivity contribution >= 4 is 38.6 Å². The molecule has 6 nitrogen and oxygen atoms in total. The molecule has 0 spiro atoms. The van der Waals surface area contributed by atoms with Crippen molar-refractivity contribution in [2.75, 3.05) is 38.2 Å². The Morgan fingerprint density at radius 1 is 1.07 bits per heavy atom. The van der Waals surface area contributed by atoms with E-state index in [0.717, 1.165) is 45.6 Å². The second kappa shape index (κ2) is 7.75. The zero-order valence-corrected chi connectivity index (χ0v) is 17.4. The van der Waals surface area contributed by atoms with Crippen molar-refractivity contribution in [3.8, 4) is 5.75 Å². The first kappa shape index (κ1) is 18.7. The normalized spacial score (nSPS) is 14.4. The molecule has 1 aliphatic rings. The van der Waals surface area contributed by atoms with E-state index in [2.05, 4.69) is 30.8 Å². The number of piperazine rings is 1. The van der Waals surface area contributed by atoms with Crippen molar-refractivity contribution in [3.63, 3.8) is 0 Å². The number of halogens is 1. The van der Waals surface area contributed by atoms with Crippen molar-refractivity contribution < 1.29 is 9.53 Å². The summed E-state index contributed by atoms with van der Waals surface area (Å²) in [6.07, 6.45) is 1.60. The topological polar surface area (TPSA) is 58.6 Å². The van der Waals surface area contributed by atoms with Gasteiger partial charge in [-0.15, -0.1) is 0 Å². The molecule has 1 amide bonds. The maximum absolute atomic E-state index is 12.9. The quantitative estimate of drug-likeness (QED) is 0.621. The van der Waals surface area contributed by atoms with Crippen LogP contribution in [0.3, 0.4) is 0 Å². The molecule has 2 heterocycles. The molecular weight excluding hydrogens is 420 g/mol. The highest BCUT2D eigenvalue weighted by molar-refractivity contribution is 9.10. The molecule has 1 aliphatic heterocycles. The fourth-order valence-electron chi connectivity index (χ4n) is 3.52. The van der Waals surface area contributed by atoms with Crippen LogP contribution in [0.1, 0.15) is 15.9 Å². The Morgan fingerprint density at radius 3 is 2.61 bits per heavy atom. The molecule has 7 heteroatoms. The number of hydrogen-bond donors (Lipinski definition) is 0. The molecule has 28 heavy (non-hydrogen) atoms. The number of benzene rings is 2. The van der Waals surface area contributed by atoms with E-state index in [9.17, 15) is 4.79 Å². The maximum atomic E-state index is 12.9. The van der Waals surface area contributed by atoms with Crippen molar-refractivity contribution in [2.24, 2.45) is 0 Å². The lowest BCUT2D eigenvalue weighted by atomic mass is 10.1. The Labute approximate surface area is 172 Å². The Kier molecular flexibility index (Phi) is 5.17. The van der Waals surface area contributed by atoms with Gasteiger partial charge in [-0.2, -0.15) is 0 Å². The Balaban J connectivity index is 1.51. The van der Waals surface area contributed by atoms with Gasteiger partial charge < -0.3 is 14.5 Å². The van der Waals surface area contributed by atoms with Gasteiger partial charge in [0.2, 0.25) is 0 Å². The highest BCUT2D eigenvalue weighted by Crippen LogP contribution is 2.27. The lowest BCUT2D eigenvalue weighted by Gasteiger charge is -2.35. The molecule has 0 atom stereocenters. The van der Waals surface area contributed by atoms with E-state index in [4.69, 9.17) is 4.74 Å². The van der Waals surface area contributed by atoms with Crippen molar-refractivity contribution in [2.45, 2.75) is 6.92 Å². The fourth-order valence-corrected chi connectivity index (χ4v) is 3.89. The number of aryl methyl sites for hydroxylation is 1. The molecule has 1 aromatic heterocycles. The van der Waals surface area contributed by atoms with Gasteiger partial charge in [-0.3, -0.25) is 4.79 Å². The summed E-state index contributed by atoms with van der Waals surface area (Å²) in [7, 11) is 1.62. The number of nitrogens with zero attached hydrogens (tertiary/aromatic N) is 4. The van der Waals surface area contributed by atoms with Crippen LogP contribution >= 0.6 is 15.9 Å². The molecule has 4 rings (SSSR count). The van der Waals surface area contributed by atoms with Gasteiger partial charge in [-0.1, -0.05) is 22.0 Å². The Bertz CT molecular complexity index is 1030. The van der Waals surface area contributed by atoms with Gasteiger partial charge >= 0.3 is 0 Å². The summed E-state index contributed by atoms with van der Waals surface area (Å²) in [4.78, 5) is 25.9. The summed E-state index contributed by atoms with van der Waals surface area (Å²) in [5.41, 5.74) is 2.59. The first-order valence-electron chi connectivity index (χ1n) is 9.16. The van der Waals surface area contributed by atoms with Crippen molar-refractivity contribution in [1.29, 1.82) is 0 Å². The molecule has 144 valence electrons. The minimum Gasteiger partial charge on any atom is -0.496 e. The lowest BCUT2D eigenvalue weighted by molar-refractivity contribution is 0.0746. The van der Waals surface area contributed by atoms with Crippen LogP contribution < -0.4 is 9.64 Å². The average Bonchev–Trinajstić information content (AvgIpc) is 2.73. The molecule has 0 saturated carbocycles. The van der Waals surface area contributed by atoms with E-state index in [0.29, 0.717) is 18.7 Å². The fraction of sp³-hybridized carbons (Fsp3) is 0.286. The Morgan fingerprint density at radius 2 is 1.86 bits per heavy atom. The Hall–Kier alpha value is -2.67. The van der Waals surface area contributed by atoms with E-state index in [1.165, 1.54) is 0 Å². The number of fused-ring (bicyclic) bond motifs is 1. The highest BCUT2D eigenvalue weighted by atomic mass is 79.9. The average molecular weight is 441 g/mol. The number of anilines is 1. The molecule has 3 aromatic rings. The summed E-state index contributed by atoms with van der Waals surface area (Å²) in [5.74, 6) is 1.69. The van der Waals surface area contributed by atoms with Crippen LogP contribution in [-0.4, -0.2) is 54.1 Å². The van der Waals surface area contributed by atoms with Gasteiger partial charge in [0.15, 0.2) is 0 Å². The van der Waals surface area contributed by atoms with E-state index < -0.39 is 0 Å². The number of rotatable bonds is 3. The molecule has 2 aromatic carbocycles. The highest BCUT2D eigenvalue weighted by Gasteiger charge is 2.24. The monoisotopic (exact) mass is 440 g/mol. The SMILES string of the molecule is COc1cc(C(=O)N2CCN(c3ncnc4ccc(Br)cc34)CC2)ccc1C. The summed E-state index contributed by atoms with van der Waals surface area (Å²) >= 11 is 3.52. The third-order valence-electron chi connectivity index (χ3n) is 5.10. The van der Waals surface area contributed by atoms with Gasteiger partial charge in [-0.25, -0.2) is 9.97 Å². The molecule has 0 bridgehead atoms. The molecule has 0 radical (unpaired) electrons. The van der Waals surface area contributed by atoms with Gasteiger partial charge in [0.05, 0.1) is 12.6 Å². The third kappa shape index (κ3) is 3.54. The number of carbonyl (C=O) groups is 1. The van der Waals surface area contributed by atoms with Gasteiger partial charge in [0.25, 0.3) is 5.91 Å². The van der Waals surface area contributed by atoms with Gasteiger partial charge in [0, 0.05) is 41.6 Å². The second-order valence-electron chi connectivity index (χ2n) is 6.82. The van der Waals surface area contributed by atoms with Crippen LogP contribution in [0, 0.1) is 6.92 Å². The molecule has 0 aliphatic carbocycles. The van der Waals surface area contributed by atoms with Gasteiger partial charge in [-0.05, 0) is 42.8 Å². The van der Waals surface area contributed by atoms with E-state index in [1.54, 1.807) is 13.4 Å². The second-order valence-corrected chi connectivity index (χ2v) is 7.74. The number of amides is 1. The molecule has 0 N–H and O–H groups in total. The van der Waals surface area contributed by atoms with E-state index >= 15 is 0 Å². The number of methoxy groups -OCH3 is 1. The van der Waals surface area contributed by atoms with Crippen LogP contribution in [-0.2, 0) is 0 Å². The van der Waals surface area contributed by atoms with E-state index in [-0.39, 0.29) is 5.91 Å². The third-order valence-corrected chi connectivity index (χ3v) is 5.59. The number of ether oxygens (including phenoxy) is 1. The van der Waals surface area contributed by atoms with Crippen LogP contribution in [0.15, 0.2) is 47.2 Å². The standard InChI is InChI=1S/C21H21BrN4O2/c1-14-3-4-15(11-19(14)28-2)21(27)26-9-7-25(8-10-26)20-17-12-16(22)5-6-18(17)23-13-24-20/h3-6,11-13H,7-10H2,1-2H3. The summed E-state index contributed by atoms with van der Waals surface area (Å²) in [6, 6.07) is 11.6.